The van der Waals surface area contributed by atoms with Crippen molar-refractivity contribution < 1.29 is 17.6 Å². The molecule has 0 fully saturated rings. The van der Waals surface area contributed by atoms with E-state index in [1.165, 1.54) is 12.1 Å². The van der Waals surface area contributed by atoms with Gasteiger partial charge in [-0.1, -0.05) is 0 Å². The highest BCUT2D eigenvalue weighted by Crippen LogP contribution is 2.17. The molecule has 0 aliphatic heterocycles. The lowest BCUT2D eigenvalue weighted by atomic mass is 10.1. The maximum atomic E-state index is 12.4. The predicted molar refractivity (Wildman–Crippen MR) is 107 cm³/mol. The second-order valence-electron chi connectivity index (χ2n) is 7.50. The summed E-state index contributed by atoms with van der Waals surface area (Å²) in [4.78, 5) is 16.3. The number of rotatable bonds is 7. The van der Waals surface area contributed by atoms with E-state index < -0.39 is 21.5 Å². The number of nitrogens with one attached hydrogen (secondary N) is 2. The second kappa shape index (κ2) is 8.18. The summed E-state index contributed by atoms with van der Waals surface area (Å²) in [6.45, 7) is 5.78. The molecule has 1 amide bonds. The van der Waals surface area contributed by atoms with E-state index in [4.69, 9.17) is 4.42 Å². The van der Waals surface area contributed by atoms with Crippen molar-refractivity contribution >= 4 is 21.7 Å². The summed E-state index contributed by atoms with van der Waals surface area (Å²) in [5.74, 6) is -0.356. The van der Waals surface area contributed by atoms with Gasteiger partial charge in [0.25, 0.3) is 15.9 Å². The normalized spacial score (nSPS) is 12.1. The molecule has 0 saturated heterocycles. The molecule has 0 unspecified atom stereocenters. The van der Waals surface area contributed by atoms with Crippen molar-refractivity contribution in [2.45, 2.75) is 44.4 Å². The smallest absolute Gasteiger partial charge is 0.292 e. The van der Waals surface area contributed by atoms with Crippen LogP contribution < -0.4 is 10.0 Å². The standard InChI is InChI=1S/C19H23N5O4S/c1-19(2,3)23-29(26,27)17-5-4-15(28-17)18(25)21-16-9-13-24(22-16)12-8-14-6-10-20-11-7-14/h4-7,9-11,13,23H,8,12H2,1-3H3,(H,21,22,25). The third-order valence-corrected chi connectivity index (χ3v) is 5.40. The topological polar surface area (TPSA) is 119 Å². The Labute approximate surface area is 169 Å². The van der Waals surface area contributed by atoms with E-state index in [2.05, 4.69) is 20.1 Å². The number of pyridine rings is 1. The van der Waals surface area contributed by atoms with E-state index in [1.807, 2.05) is 12.1 Å². The second-order valence-corrected chi connectivity index (χ2v) is 9.11. The van der Waals surface area contributed by atoms with Crippen LogP contribution in [0.4, 0.5) is 5.82 Å². The molecule has 0 aromatic carbocycles. The molecule has 3 aromatic heterocycles. The number of anilines is 1. The zero-order valence-electron chi connectivity index (χ0n) is 16.4. The summed E-state index contributed by atoms with van der Waals surface area (Å²) in [7, 11) is -3.85. The van der Waals surface area contributed by atoms with Crippen LogP contribution in [0.15, 0.2) is 58.4 Å². The summed E-state index contributed by atoms with van der Waals surface area (Å²) in [5, 5.41) is 6.57. The quantitative estimate of drug-likeness (QED) is 0.609. The molecule has 2 N–H and O–H groups in total. The number of nitrogens with zero attached hydrogens (tertiary/aromatic N) is 3. The zero-order valence-corrected chi connectivity index (χ0v) is 17.2. The summed E-state index contributed by atoms with van der Waals surface area (Å²) < 4.78 is 34.0. The van der Waals surface area contributed by atoms with Gasteiger partial charge >= 0.3 is 0 Å². The van der Waals surface area contributed by atoms with E-state index in [1.54, 1.807) is 50.1 Å². The fraction of sp³-hybridized carbons (Fsp3) is 0.316. The highest BCUT2D eigenvalue weighted by molar-refractivity contribution is 7.89. The fourth-order valence-corrected chi connectivity index (χ4v) is 3.92. The lowest BCUT2D eigenvalue weighted by Crippen LogP contribution is -2.40. The molecule has 0 aliphatic carbocycles. The lowest BCUT2D eigenvalue weighted by Gasteiger charge is -2.18. The van der Waals surface area contributed by atoms with Crippen LogP contribution in [0.2, 0.25) is 0 Å². The molecule has 0 spiro atoms. The van der Waals surface area contributed by atoms with Crippen molar-refractivity contribution in [2.24, 2.45) is 0 Å². The minimum Gasteiger partial charge on any atom is -0.438 e. The molecule has 0 saturated carbocycles. The molecule has 0 atom stereocenters. The Morgan fingerprint density at radius 3 is 2.55 bits per heavy atom. The highest BCUT2D eigenvalue weighted by Gasteiger charge is 2.26. The van der Waals surface area contributed by atoms with Gasteiger partial charge in [-0.15, -0.1) is 0 Å². The van der Waals surface area contributed by atoms with Crippen LogP contribution in [-0.4, -0.2) is 34.6 Å². The van der Waals surface area contributed by atoms with Gasteiger partial charge in [0.05, 0.1) is 0 Å². The minimum absolute atomic E-state index is 0.120. The van der Waals surface area contributed by atoms with Gasteiger partial charge in [0.15, 0.2) is 11.6 Å². The van der Waals surface area contributed by atoms with Gasteiger partial charge in [0.1, 0.15) is 0 Å². The molecule has 3 aromatic rings. The third-order valence-electron chi connectivity index (χ3n) is 3.77. The first kappa shape index (κ1) is 20.7. The molecular formula is C19H23N5O4S. The summed E-state index contributed by atoms with van der Waals surface area (Å²) in [6, 6.07) is 8.09. The number of hydrogen-bond acceptors (Lipinski definition) is 6. The first-order chi connectivity index (χ1) is 13.6. The average Bonchev–Trinajstić information content (AvgIpc) is 3.29. The number of amides is 1. The molecular weight excluding hydrogens is 394 g/mol. The Hall–Kier alpha value is -2.98. The Bertz CT molecular complexity index is 1080. The number of sulfonamides is 1. The minimum atomic E-state index is -3.85. The molecule has 29 heavy (non-hydrogen) atoms. The first-order valence-corrected chi connectivity index (χ1v) is 10.5. The van der Waals surface area contributed by atoms with E-state index >= 15 is 0 Å². The van der Waals surface area contributed by atoms with Crippen molar-refractivity contribution in [3.05, 3.63) is 60.2 Å². The van der Waals surface area contributed by atoms with E-state index in [9.17, 15) is 13.2 Å². The largest absolute Gasteiger partial charge is 0.438 e. The summed E-state index contributed by atoms with van der Waals surface area (Å²) in [6.07, 6.45) is 6.00. The number of aromatic nitrogens is 3. The van der Waals surface area contributed by atoms with Crippen LogP contribution in [0, 0.1) is 0 Å². The first-order valence-electron chi connectivity index (χ1n) is 9.00. The van der Waals surface area contributed by atoms with Crippen LogP contribution in [0.25, 0.3) is 0 Å². The average molecular weight is 417 g/mol. The van der Waals surface area contributed by atoms with Crippen LogP contribution in [0.5, 0.6) is 0 Å². The number of carbonyl (C=O) groups is 1. The van der Waals surface area contributed by atoms with Gasteiger partial charge in [-0.2, -0.15) is 5.10 Å². The van der Waals surface area contributed by atoms with Crippen molar-refractivity contribution in [1.29, 1.82) is 0 Å². The van der Waals surface area contributed by atoms with Crippen molar-refractivity contribution in [3.63, 3.8) is 0 Å². The van der Waals surface area contributed by atoms with Crippen molar-refractivity contribution in [3.8, 4) is 0 Å². The van der Waals surface area contributed by atoms with Gasteiger partial charge in [-0.05, 0) is 57.0 Å². The zero-order chi connectivity index (χ0) is 21.1. The van der Waals surface area contributed by atoms with Gasteiger partial charge in [-0.25, -0.2) is 13.1 Å². The summed E-state index contributed by atoms with van der Waals surface area (Å²) >= 11 is 0. The number of carbonyl (C=O) groups excluding carboxylic acids is 1. The number of hydrogen-bond donors (Lipinski definition) is 2. The fourth-order valence-electron chi connectivity index (χ4n) is 2.56. The number of furan rings is 1. The van der Waals surface area contributed by atoms with Crippen LogP contribution >= 0.6 is 0 Å². The number of aryl methyl sites for hydroxylation is 2. The van der Waals surface area contributed by atoms with E-state index in [0.29, 0.717) is 12.4 Å². The third kappa shape index (κ3) is 5.75. The summed E-state index contributed by atoms with van der Waals surface area (Å²) in [5.41, 5.74) is 0.464. The van der Waals surface area contributed by atoms with Crippen molar-refractivity contribution in [2.75, 3.05) is 5.32 Å². The van der Waals surface area contributed by atoms with Crippen LogP contribution in [0.1, 0.15) is 36.9 Å². The van der Waals surface area contributed by atoms with Crippen molar-refractivity contribution in [1.82, 2.24) is 19.5 Å². The molecule has 10 heteroatoms. The maximum absolute atomic E-state index is 12.4. The van der Waals surface area contributed by atoms with Gasteiger partial charge in [0, 0.05) is 36.7 Å². The van der Waals surface area contributed by atoms with E-state index in [-0.39, 0.29) is 10.9 Å². The van der Waals surface area contributed by atoms with E-state index in [0.717, 1.165) is 12.0 Å². The molecule has 3 rings (SSSR count). The van der Waals surface area contributed by atoms with Crippen LogP contribution in [0.3, 0.4) is 0 Å². The Kier molecular flexibility index (Phi) is 5.85. The Morgan fingerprint density at radius 1 is 1.14 bits per heavy atom. The highest BCUT2D eigenvalue weighted by atomic mass is 32.2. The van der Waals surface area contributed by atoms with Gasteiger partial charge in [0.2, 0.25) is 5.09 Å². The molecule has 9 nitrogen and oxygen atoms in total. The Balaban J connectivity index is 1.61. The lowest BCUT2D eigenvalue weighted by molar-refractivity contribution is 0.0991. The molecule has 3 heterocycles. The van der Waals surface area contributed by atoms with Gasteiger partial charge < -0.3 is 9.73 Å². The SMILES string of the molecule is CC(C)(C)NS(=O)(=O)c1ccc(C(=O)Nc2ccn(CCc3ccncc3)n2)o1. The monoisotopic (exact) mass is 417 g/mol. The Morgan fingerprint density at radius 2 is 1.86 bits per heavy atom. The maximum Gasteiger partial charge on any atom is 0.292 e. The predicted octanol–water partition coefficient (Wildman–Crippen LogP) is 2.44. The van der Waals surface area contributed by atoms with Crippen LogP contribution in [-0.2, 0) is 23.0 Å². The molecule has 154 valence electrons. The molecule has 0 bridgehead atoms. The molecule has 0 aliphatic rings. The molecule has 0 radical (unpaired) electrons. The van der Waals surface area contributed by atoms with Gasteiger partial charge in [-0.3, -0.25) is 14.5 Å².